The molecule has 0 fully saturated rings. The van der Waals surface area contributed by atoms with Gasteiger partial charge in [0.2, 0.25) is 5.91 Å². The third kappa shape index (κ3) is 46.1. The Bertz CT molecular complexity index is 1390. The Kier molecular flexibility index (Phi) is 43.1. The second-order valence-electron chi connectivity index (χ2n) is 18.5. The van der Waals surface area contributed by atoms with E-state index in [0.717, 1.165) is 64.2 Å². The lowest BCUT2D eigenvalue weighted by Crippen LogP contribution is -2.47. The number of phosphoric acid groups is 1. The minimum Gasteiger partial charge on any atom is -0.756 e. The fourth-order valence-corrected chi connectivity index (χ4v) is 7.69. The Hall–Kier alpha value is -2.81. The van der Waals surface area contributed by atoms with Gasteiger partial charge in [0.1, 0.15) is 19.3 Å². The third-order valence-electron chi connectivity index (χ3n) is 11.0. The van der Waals surface area contributed by atoms with Crippen LogP contribution in [0, 0.1) is 0 Å². The molecule has 65 heavy (non-hydrogen) atoms. The van der Waals surface area contributed by atoms with Gasteiger partial charge in [-0.05, 0) is 51.0 Å². The Morgan fingerprint density at radius 3 is 1.49 bits per heavy atom. The Labute approximate surface area is 399 Å². The number of quaternary nitrogens is 1. The summed E-state index contributed by atoms with van der Waals surface area (Å²) < 4.78 is 30.0. The molecule has 0 aromatic rings. The number of nitrogens with one attached hydrogen (secondary N) is 1. The zero-order valence-electron chi connectivity index (χ0n) is 42.4. The zero-order valence-corrected chi connectivity index (χ0v) is 43.3. The predicted octanol–water partition coefficient (Wildman–Crippen LogP) is 14.5. The summed E-state index contributed by atoms with van der Waals surface area (Å²) in [7, 11) is 1.15. The number of likely N-dealkylation sites (N-methyl/N-ethyl adjacent to an activating group) is 1. The number of hydrogen-bond acceptors (Lipinski definition) is 7. The summed E-state index contributed by atoms with van der Waals surface area (Å²) in [6, 6.07) is -0.906. The van der Waals surface area contributed by atoms with Crippen molar-refractivity contribution >= 4 is 19.7 Å². The summed E-state index contributed by atoms with van der Waals surface area (Å²) in [5, 5.41) is 2.99. The van der Waals surface area contributed by atoms with Gasteiger partial charge >= 0.3 is 5.97 Å². The summed E-state index contributed by atoms with van der Waals surface area (Å²) in [6.07, 6.45) is 56.9. The minimum atomic E-state index is -4.70. The Balaban J connectivity index is 5.50. The highest BCUT2D eigenvalue weighted by Crippen LogP contribution is 2.38. The molecule has 0 aliphatic rings. The molecule has 10 heteroatoms. The Morgan fingerprint density at radius 2 is 0.985 bits per heavy atom. The van der Waals surface area contributed by atoms with Crippen LogP contribution in [0.4, 0.5) is 0 Å². The molecule has 0 bridgehead atoms. The fraction of sp³-hybridized carbons (Fsp3) is 0.709. The van der Waals surface area contributed by atoms with Crippen LogP contribution in [0.5, 0.6) is 0 Å². The minimum absolute atomic E-state index is 0.0329. The van der Waals surface area contributed by atoms with E-state index in [0.29, 0.717) is 23.9 Å². The van der Waals surface area contributed by atoms with Gasteiger partial charge in [-0.15, -0.1) is 0 Å². The van der Waals surface area contributed by atoms with E-state index in [1.807, 2.05) is 88.0 Å². The number of nitrogens with zero attached hydrogens (tertiary/aromatic N) is 1. The SMILES string of the molecule is CC\C=C/C=C/C=C/C=C\C=C\C=C\CCCCCC(=O)OC(/C=C/CCCCCCCCCCC)C(COP(=O)([O-])OCC[N+](C)(C)C)NC(=O)CCCCCCCCCCCCC. The number of carbonyl (C=O) groups is 2. The highest BCUT2D eigenvalue weighted by molar-refractivity contribution is 7.45. The van der Waals surface area contributed by atoms with Crippen molar-refractivity contribution in [2.45, 2.75) is 213 Å². The van der Waals surface area contributed by atoms with Crippen molar-refractivity contribution in [1.82, 2.24) is 5.32 Å². The molecular formula is C55H97N2O7P. The molecule has 0 saturated heterocycles. The molecule has 0 aromatic heterocycles. The predicted molar refractivity (Wildman–Crippen MR) is 274 cm³/mol. The maximum Gasteiger partial charge on any atom is 0.306 e. The molecule has 0 aromatic carbocycles. The number of unbranched alkanes of at least 4 members (excludes halogenated alkanes) is 22. The smallest absolute Gasteiger partial charge is 0.306 e. The van der Waals surface area contributed by atoms with Gasteiger partial charge < -0.3 is 28.5 Å². The summed E-state index contributed by atoms with van der Waals surface area (Å²) in [5.41, 5.74) is 0. The standard InChI is InChI=1S/C55H97N2O7P/c1-7-10-13-16-19-22-25-26-27-28-29-30-33-36-39-42-45-48-55(59)64-53(46-43-40-37-34-31-23-20-17-14-11-8-2)52(51-63-65(60,61)62-50-49-57(4,5)6)56-54(58)47-44-41-38-35-32-24-21-18-15-12-9-3/h10,13,16,19,22,25-30,33,43,46,52-53H,7-9,11-12,14-15,17-18,20-21,23-24,31-32,34-42,44-45,47-51H2,1-6H3,(H-,56,58,60,61)/b13-10-,19-16+,25-22+,27-26-,29-28+,33-30+,46-43+. The molecule has 1 amide bonds. The van der Waals surface area contributed by atoms with E-state index in [-0.39, 0.29) is 24.9 Å². The van der Waals surface area contributed by atoms with Gasteiger partial charge in [0.25, 0.3) is 7.82 Å². The lowest BCUT2D eigenvalue weighted by Gasteiger charge is -2.30. The van der Waals surface area contributed by atoms with Gasteiger partial charge in [0.05, 0.1) is 33.8 Å². The molecule has 0 spiro atoms. The van der Waals surface area contributed by atoms with Crippen molar-refractivity contribution in [2.75, 3.05) is 40.9 Å². The van der Waals surface area contributed by atoms with Crippen LogP contribution in [0.15, 0.2) is 85.1 Å². The molecule has 0 radical (unpaired) electrons. The highest BCUT2D eigenvalue weighted by Gasteiger charge is 2.27. The molecule has 374 valence electrons. The maximum absolute atomic E-state index is 13.4. The summed E-state index contributed by atoms with van der Waals surface area (Å²) in [6.45, 7) is 6.62. The number of esters is 1. The van der Waals surface area contributed by atoms with Crippen molar-refractivity contribution < 1.29 is 37.3 Å². The van der Waals surface area contributed by atoms with Crippen LogP contribution in [0.3, 0.4) is 0 Å². The summed E-state index contributed by atoms with van der Waals surface area (Å²) >= 11 is 0. The second kappa shape index (κ2) is 45.0. The van der Waals surface area contributed by atoms with Gasteiger partial charge in [-0.25, -0.2) is 0 Å². The zero-order chi connectivity index (χ0) is 48.0. The lowest BCUT2D eigenvalue weighted by atomic mass is 10.0. The molecule has 0 aliphatic carbocycles. The van der Waals surface area contributed by atoms with E-state index in [9.17, 15) is 19.0 Å². The summed E-state index contributed by atoms with van der Waals surface area (Å²) in [4.78, 5) is 39.6. The second-order valence-corrected chi connectivity index (χ2v) is 19.9. The van der Waals surface area contributed by atoms with Crippen LogP contribution in [0.2, 0.25) is 0 Å². The van der Waals surface area contributed by atoms with E-state index in [4.69, 9.17) is 13.8 Å². The van der Waals surface area contributed by atoms with Crippen molar-refractivity contribution in [1.29, 1.82) is 0 Å². The van der Waals surface area contributed by atoms with Gasteiger partial charge in [-0.3, -0.25) is 14.2 Å². The molecule has 0 aliphatic heterocycles. The third-order valence-corrected chi connectivity index (χ3v) is 12.0. The van der Waals surface area contributed by atoms with E-state index in [2.05, 4.69) is 38.2 Å². The average Bonchev–Trinajstić information content (AvgIpc) is 3.26. The monoisotopic (exact) mass is 929 g/mol. The topological polar surface area (TPSA) is 114 Å². The van der Waals surface area contributed by atoms with Crippen LogP contribution in [-0.4, -0.2) is 69.4 Å². The quantitative estimate of drug-likeness (QED) is 0.0162. The van der Waals surface area contributed by atoms with Crippen LogP contribution < -0.4 is 10.2 Å². The molecule has 9 nitrogen and oxygen atoms in total. The lowest BCUT2D eigenvalue weighted by molar-refractivity contribution is -0.870. The van der Waals surface area contributed by atoms with Crippen molar-refractivity contribution in [3.05, 3.63) is 85.1 Å². The van der Waals surface area contributed by atoms with Crippen molar-refractivity contribution in [2.24, 2.45) is 0 Å². The van der Waals surface area contributed by atoms with E-state index < -0.39 is 26.6 Å². The van der Waals surface area contributed by atoms with Crippen LogP contribution >= 0.6 is 7.82 Å². The maximum atomic E-state index is 13.4. The molecule has 3 atom stereocenters. The van der Waals surface area contributed by atoms with Crippen molar-refractivity contribution in [3.8, 4) is 0 Å². The van der Waals surface area contributed by atoms with Gasteiger partial charge in [0.15, 0.2) is 0 Å². The number of rotatable bonds is 45. The van der Waals surface area contributed by atoms with E-state index >= 15 is 0 Å². The molecular weight excluding hydrogens is 832 g/mol. The molecule has 0 heterocycles. The van der Waals surface area contributed by atoms with Crippen LogP contribution in [-0.2, 0) is 27.9 Å². The molecule has 0 saturated carbocycles. The first kappa shape index (κ1) is 62.2. The number of carbonyl (C=O) groups excluding carboxylic acids is 2. The van der Waals surface area contributed by atoms with Crippen molar-refractivity contribution in [3.63, 3.8) is 0 Å². The van der Waals surface area contributed by atoms with Crippen LogP contribution in [0.1, 0.15) is 201 Å². The first-order valence-electron chi connectivity index (χ1n) is 26.0. The first-order valence-corrected chi connectivity index (χ1v) is 27.4. The van der Waals surface area contributed by atoms with Gasteiger partial charge in [0, 0.05) is 12.8 Å². The Morgan fingerprint density at radius 1 is 0.554 bits per heavy atom. The van der Waals surface area contributed by atoms with Gasteiger partial charge in [-0.1, -0.05) is 222 Å². The van der Waals surface area contributed by atoms with E-state index in [1.54, 1.807) is 6.08 Å². The first-order chi connectivity index (χ1) is 31.4. The number of ether oxygens (including phenoxy) is 1. The van der Waals surface area contributed by atoms with E-state index in [1.165, 1.54) is 96.3 Å². The molecule has 1 N–H and O–H groups in total. The average molecular weight is 929 g/mol. The normalized spacial score (nSPS) is 14.6. The van der Waals surface area contributed by atoms with Crippen LogP contribution in [0.25, 0.3) is 0 Å². The number of amides is 1. The fourth-order valence-electron chi connectivity index (χ4n) is 6.96. The number of allylic oxidation sites excluding steroid dienone is 13. The highest BCUT2D eigenvalue weighted by atomic mass is 31.2. The largest absolute Gasteiger partial charge is 0.756 e. The molecule has 0 rings (SSSR count). The number of phosphoric ester groups is 1. The number of hydrogen-bond donors (Lipinski definition) is 1. The summed E-state index contributed by atoms with van der Waals surface area (Å²) in [5.74, 6) is -0.599. The molecule has 3 unspecified atom stereocenters. The van der Waals surface area contributed by atoms with Gasteiger partial charge in [-0.2, -0.15) is 0 Å².